The number of carbonyl (C=O) groups is 4. The van der Waals surface area contributed by atoms with Crippen LogP contribution in [0.15, 0.2) is 24.3 Å². The van der Waals surface area contributed by atoms with E-state index in [4.69, 9.17) is 0 Å². The van der Waals surface area contributed by atoms with E-state index in [9.17, 15) is 19.2 Å². The Bertz CT molecular complexity index is 895. The van der Waals surface area contributed by atoms with Gasteiger partial charge in [0.05, 0.1) is 0 Å². The SMILES string of the molecule is CC(C)CC(=O)N[C@@H](CC(C)C)C(=O)Nc1ccc(N2C(=O)[C@@H](NC(=O)CC(C)C)CC2C)cc1. The van der Waals surface area contributed by atoms with Crippen LogP contribution >= 0.6 is 0 Å². The second-order valence-corrected chi connectivity index (χ2v) is 10.9. The topological polar surface area (TPSA) is 108 Å². The van der Waals surface area contributed by atoms with Crippen LogP contribution < -0.4 is 20.9 Å². The highest BCUT2D eigenvalue weighted by molar-refractivity contribution is 6.02. The van der Waals surface area contributed by atoms with Crippen LogP contribution in [0.25, 0.3) is 0 Å². The lowest BCUT2D eigenvalue weighted by Crippen LogP contribution is -2.44. The van der Waals surface area contributed by atoms with Gasteiger partial charge in [-0.2, -0.15) is 0 Å². The van der Waals surface area contributed by atoms with Crippen LogP contribution in [-0.4, -0.2) is 41.8 Å². The Hall–Kier alpha value is -2.90. The number of hydrogen-bond acceptors (Lipinski definition) is 4. The van der Waals surface area contributed by atoms with E-state index in [1.54, 1.807) is 29.2 Å². The first kappa shape index (κ1) is 28.3. The molecule has 194 valence electrons. The molecule has 1 fully saturated rings. The lowest BCUT2D eigenvalue weighted by molar-refractivity contribution is -0.127. The largest absolute Gasteiger partial charge is 0.344 e. The highest BCUT2D eigenvalue weighted by Crippen LogP contribution is 2.28. The molecule has 1 unspecified atom stereocenters. The minimum Gasteiger partial charge on any atom is -0.344 e. The summed E-state index contributed by atoms with van der Waals surface area (Å²) in [7, 11) is 0. The molecule has 0 saturated carbocycles. The molecule has 8 heteroatoms. The molecule has 35 heavy (non-hydrogen) atoms. The fourth-order valence-electron chi connectivity index (χ4n) is 4.32. The fourth-order valence-corrected chi connectivity index (χ4v) is 4.32. The molecule has 2 rings (SSSR count). The van der Waals surface area contributed by atoms with Crippen molar-refractivity contribution in [2.24, 2.45) is 17.8 Å². The summed E-state index contributed by atoms with van der Waals surface area (Å²) in [6.45, 7) is 13.8. The van der Waals surface area contributed by atoms with Crippen molar-refractivity contribution in [2.45, 2.75) is 92.3 Å². The first-order chi connectivity index (χ1) is 16.4. The van der Waals surface area contributed by atoms with Crippen molar-refractivity contribution in [3.05, 3.63) is 24.3 Å². The summed E-state index contributed by atoms with van der Waals surface area (Å²) >= 11 is 0. The van der Waals surface area contributed by atoms with Gasteiger partial charge in [-0.3, -0.25) is 19.2 Å². The molecule has 0 aromatic heterocycles. The van der Waals surface area contributed by atoms with Crippen molar-refractivity contribution in [1.29, 1.82) is 0 Å². The Morgan fingerprint density at radius 3 is 2.03 bits per heavy atom. The first-order valence-corrected chi connectivity index (χ1v) is 12.7. The Balaban J connectivity index is 2.04. The molecule has 4 amide bonds. The number of amides is 4. The highest BCUT2D eigenvalue weighted by Gasteiger charge is 2.38. The Morgan fingerprint density at radius 1 is 0.914 bits per heavy atom. The monoisotopic (exact) mass is 486 g/mol. The third-order valence-corrected chi connectivity index (χ3v) is 5.85. The third-order valence-electron chi connectivity index (χ3n) is 5.85. The molecular formula is C27H42N4O4. The van der Waals surface area contributed by atoms with E-state index in [0.717, 1.165) is 0 Å². The average Bonchev–Trinajstić information content (AvgIpc) is 2.99. The number of benzene rings is 1. The van der Waals surface area contributed by atoms with Gasteiger partial charge in [0, 0.05) is 30.3 Å². The summed E-state index contributed by atoms with van der Waals surface area (Å²) < 4.78 is 0. The Morgan fingerprint density at radius 2 is 1.49 bits per heavy atom. The molecule has 0 radical (unpaired) electrons. The van der Waals surface area contributed by atoms with Crippen molar-refractivity contribution >= 4 is 35.0 Å². The summed E-state index contributed by atoms with van der Waals surface area (Å²) in [5.41, 5.74) is 1.30. The van der Waals surface area contributed by atoms with Crippen molar-refractivity contribution < 1.29 is 19.2 Å². The molecule has 1 aliphatic rings. The van der Waals surface area contributed by atoms with Crippen LogP contribution in [0.1, 0.15) is 74.1 Å². The van der Waals surface area contributed by atoms with Crippen molar-refractivity contribution in [3.8, 4) is 0 Å². The van der Waals surface area contributed by atoms with Gasteiger partial charge in [0.15, 0.2) is 0 Å². The molecule has 3 N–H and O–H groups in total. The van der Waals surface area contributed by atoms with E-state index in [0.29, 0.717) is 37.1 Å². The Labute approximate surface area is 209 Å². The molecule has 0 bridgehead atoms. The van der Waals surface area contributed by atoms with Gasteiger partial charge >= 0.3 is 0 Å². The van der Waals surface area contributed by atoms with Gasteiger partial charge in [0.1, 0.15) is 12.1 Å². The summed E-state index contributed by atoms with van der Waals surface area (Å²) in [4.78, 5) is 52.0. The maximum Gasteiger partial charge on any atom is 0.249 e. The van der Waals surface area contributed by atoms with Crippen molar-refractivity contribution in [2.75, 3.05) is 10.2 Å². The quantitative estimate of drug-likeness (QED) is 0.441. The zero-order valence-corrected chi connectivity index (χ0v) is 22.2. The van der Waals surface area contributed by atoms with Gasteiger partial charge in [-0.25, -0.2) is 0 Å². The van der Waals surface area contributed by atoms with E-state index in [1.165, 1.54) is 0 Å². The molecule has 1 aromatic carbocycles. The second-order valence-electron chi connectivity index (χ2n) is 10.9. The number of nitrogens with zero attached hydrogens (tertiary/aromatic N) is 1. The van der Waals surface area contributed by atoms with E-state index in [-0.39, 0.29) is 47.4 Å². The molecule has 1 saturated heterocycles. The Kier molecular flexibility index (Phi) is 10.3. The minimum absolute atomic E-state index is 0.0566. The van der Waals surface area contributed by atoms with E-state index in [1.807, 2.05) is 48.5 Å². The predicted octanol–water partition coefficient (Wildman–Crippen LogP) is 3.86. The second kappa shape index (κ2) is 12.7. The number of hydrogen-bond donors (Lipinski definition) is 3. The van der Waals surface area contributed by atoms with Crippen molar-refractivity contribution in [3.63, 3.8) is 0 Å². The highest BCUT2D eigenvalue weighted by atomic mass is 16.2. The van der Waals surface area contributed by atoms with Crippen LogP contribution in [0.2, 0.25) is 0 Å². The van der Waals surface area contributed by atoms with Gasteiger partial charge < -0.3 is 20.9 Å². The van der Waals surface area contributed by atoms with Crippen molar-refractivity contribution in [1.82, 2.24) is 10.6 Å². The molecule has 1 aromatic rings. The molecule has 1 heterocycles. The summed E-state index contributed by atoms with van der Waals surface area (Å²) in [6, 6.07) is 5.88. The smallest absolute Gasteiger partial charge is 0.249 e. The normalized spacial score (nSPS) is 18.8. The maximum atomic E-state index is 13.0. The lowest BCUT2D eigenvalue weighted by atomic mass is 10.0. The number of carbonyl (C=O) groups excluding carboxylic acids is 4. The van der Waals surface area contributed by atoms with Gasteiger partial charge in [-0.1, -0.05) is 41.5 Å². The van der Waals surface area contributed by atoms with Crippen LogP contribution in [0.5, 0.6) is 0 Å². The van der Waals surface area contributed by atoms with Crippen LogP contribution in [0.3, 0.4) is 0 Å². The number of anilines is 2. The standard InChI is InChI=1S/C27H42N4O4/c1-16(2)12-22(29-24(32)13-17(3)4)26(34)28-20-8-10-21(11-9-20)31-19(7)15-23(27(31)35)30-25(33)14-18(5)6/h8-11,16-19,22-23H,12-15H2,1-7H3,(H,28,34)(H,29,32)(H,30,33)/t19?,22-,23-/m0/s1. The zero-order chi connectivity index (χ0) is 26.3. The van der Waals surface area contributed by atoms with E-state index >= 15 is 0 Å². The van der Waals surface area contributed by atoms with Crippen LogP contribution in [0, 0.1) is 17.8 Å². The van der Waals surface area contributed by atoms with Gasteiger partial charge in [0.25, 0.3) is 0 Å². The number of nitrogens with one attached hydrogen (secondary N) is 3. The zero-order valence-electron chi connectivity index (χ0n) is 22.2. The molecule has 0 aliphatic carbocycles. The minimum atomic E-state index is -0.615. The van der Waals surface area contributed by atoms with Gasteiger partial charge in [-0.15, -0.1) is 0 Å². The predicted molar refractivity (Wildman–Crippen MR) is 139 cm³/mol. The maximum absolute atomic E-state index is 13.0. The van der Waals surface area contributed by atoms with Crippen LogP contribution in [-0.2, 0) is 19.2 Å². The molecule has 3 atom stereocenters. The lowest BCUT2D eigenvalue weighted by Gasteiger charge is -2.23. The van der Waals surface area contributed by atoms with Gasteiger partial charge in [0.2, 0.25) is 23.6 Å². The number of rotatable bonds is 11. The van der Waals surface area contributed by atoms with E-state index < -0.39 is 12.1 Å². The average molecular weight is 487 g/mol. The third kappa shape index (κ3) is 8.67. The summed E-state index contributed by atoms with van der Waals surface area (Å²) in [5.74, 6) is 0.0488. The molecular weight excluding hydrogens is 444 g/mol. The first-order valence-electron chi connectivity index (χ1n) is 12.7. The van der Waals surface area contributed by atoms with E-state index in [2.05, 4.69) is 16.0 Å². The van der Waals surface area contributed by atoms with Crippen LogP contribution in [0.4, 0.5) is 11.4 Å². The molecule has 1 aliphatic heterocycles. The summed E-state index contributed by atoms with van der Waals surface area (Å²) in [5, 5.41) is 8.61. The fraction of sp³-hybridized carbons (Fsp3) is 0.630. The summed E-state index contributed by atoms with van der Waals surface area (Å²) in [6.07, 6.45) is 1.85. The molecule has 8 nitrogen and oxygen atoms in total. The van der Waals surface area contributed by atoms with Gasteiger partial charge in [-0.05, 0) is 61.8 Å². The molecule has 0 spiro atoms.